The molecule has 1 unspecified atom stereocenters. The van der Waals surface area contributed by atoms with E-state index in [9.17, 15) is 0 Å². The molecule has 1 aromatic carbocycles. The predicted octanol–water partition coefficient (Wildman–Crippen LogP) is 4.42. The molecule has 106 valence electrons. The van der Waals surface area contributed by atoms with Gasteiger partial charge in [0.2, 0.25) is 0 Å². The summed E-state index contributed by atoms with van der Waals surface area (Å²) >= 11 is 0. The van der Waals surface area contributed by atoms with Crippen molar-refractivity contribution in [3.05, 3.63) is 48.0 Å². The Hall–Kier alpha value is -1.59. The fraction of sp³-hybridized carbons (Fsp3) is 0.500. The molecule has 1 aliphatic carbocycles. The maximum atomic E-state index is 8.83. The first-order valence-corrected chi connectivity index (χ1v) is 7.47. The first-order valence-electron chi connectivity index (χ1n) is 7.47. The highest BCUT2D eigenvalue weighted by molar-refractivity contribution is 5.33. The van der Waals surface area contributed by atoms with E-state index in [1.165, 1.54) is 31.2 Å². The molecule has 0 spiro atoms. The number of ether oxygens (including phenoxy) is 1. The number of nitrogens with zero attached hydrogens (tertiary/aromatic N) is 1. The molecular formula is C18H23NO. The molecule has 1 atom stereocenters. The highest BCUT2D eigenvalue weighted by atomic mass is 16.5. The predicted molar refractivity (Wildman–Crippen MR) is 81.5 cm³/mol. The Morgan fingerprint density at radius 1 is 1.30 bits per heavy atom. The zero-order valence-electron chi connectivity index (χ0n) is 12.2. The summed E-state index contributed by atoms with van der Waals surface area (Å²) in [6, 6.07) is 10.3. The van der Waals surface area contributed by atoms with Crippen LogP contribution in [0.4, 0.5) is 0 Å². The monoisotopic (exact) mass is 269 g/mol. The van der Waals surface area contributed by atoms with Crippen molar-refractivity contribution in [1.29, 1.82) is 5.26 Å². The van der Waals surface area contributed by atoms with Crippen LogP contribution in [0.25, 0.3) is 0 Å². The Kier molecular flexibility index (Phi) is 5.38. The molecule has 0 aromatic heterocycles. The topological polar surface area (TPSA) is 33.0 Å². The molecule has 0 amide bonds. The second-order valence-electron chi connectivity index (χ2n) is 5.67. The van der Waals surface area contributed by atoms with Crippen molar-refractivity contribution in [2.45, 2.75) is 44.6 Å². The summed E-state index contributed by atoms with van der Waals surface area (Å²) in [5, 5.41) is 8.83. The summed E-state index contributed by atoms with van der Waals surface area (Å²) in [7, 11) is 0. The zero-order chi connectivity index (χ0) is 14.4. The Balaban J connectivity index is 1.87. The molecule has 0 bridgehead atoms. The van der Waals surface area contributed by atoms with E-state index in [4.69, 9.17) is 10.00 Å². The van der Waals surface area contributed by atoms with Gasteiger partial charge in [0.1, 0.15) is 0 Å². The van der Waals surface area contributed by atoms with Gasteiger partial charge in [0.15, 0.2) is 0 Å². The van der Waals surface area contributed by atoms with E-state index < -0.39 is 0 Å². The van der Waals surface area contributed by atoms with Crippen molar-refractivity contribution < 1.29 is 4.74 Å². The van der Waals surface area contributed by atoms with Gasteiger partial charge in [-0.15, -0.1) is 6.58 Å². The lowest BCUT2D eigenvalue weighted by atomic mass is 9.77. The van der Waals surface area contributed by atoms with Crippen LogP contribution in [0.2, 0.25) is 0 Å². The zero-order valence-corrected chi connectivity index (χ0v) is 12.2. The third-order valence-electron chi connectivity index (χ3n) is 4.42. The smallest absolute Gasteiger partial charge is 0.0991 e. The Bertz CT molecular complexity index is 463. The van der Waals surface area contributed by atoms with E-state index >= 15 is 0 Å². The lowest BCUT2D eigenvalue weighted by molar-refractivity contribution is 0.0269. The standard InChI is InChI=1S/C18H23NO/c1-3-12-20-14(2)16-8-10-18(11-9-16)17-6-4-15(13-19)5-7-17/h3-7,14,16,18H,1,8-12H2,2H3/t14?,16-,18-. The van der Waals surface area contributed by atoms with Gasteiger partial charge < -0.3 is 4.74 Å². The molecule has 0 saturated heterocycles. The van der Waals surface area contributed by atoms with Crippen LogP contribution in [-0.2, 0) is 4.74 Å². The second kappa shape index (κ2) is 7.26. The molecule has 20 heavy (non-hydrogen) atoms. The van der Waals surface area contributed by atoms with Gasteiger partial charge in [-0.3, -0.25) is 0 Å². The number of rotatable bonds is 5. The molecule has 0 heterocycles. The van der Waals surface area contributed by atoms with Crippen molar-refractivity contribution in [2.75, 3.05) is 6.61 Å². The maximum absolute atomic E-state index is 8.83. The first kappa shape index (κ1) is 14.8. The highest BCUT2D eigenvalue weighted by Gasteiger charge is 2.26. The van der Waals surface area contributed by atoms with Gasteiger partial charge >= 0.3 is 0 Å². The summed E-state index contributed by atoms with van der Waals surface area (Å²) in [6.45, 7) is 6.52. The number of benzene rings is 1. The summed E-state index contributed by atoms with van der Waals surface area (Å²) in [5.41, 5.74) is 2.12. The molecule has 1 aliphatic rings. The van der Waals surface area contributed by atoms with Crippen molar-refractivity contribution in [3.8, 4) is 6.07 Å². The molecule has 1 aromatic rings. The maximum Gasteiger partial charge on any atom is 0.0991 e. The van der Waals surface area contributed by atoms with E-state index in [0.29, 0.717) is 24.5 Å². The Labute approximate surface area is 122 Å². The van der Waals surface area contributed by atoms with Gasteiger partial charge in [-0.1, -0.05) is 18.2 Å². The van der Waals surface area contributed by atoms with Gasteiger partial charge in [-0.2, -0.15) is 5.26 Å². The third kappa shape index (κ3) is 3.71. The average molecular weight is 269 g/mol. The Morgan fingerprint density at radius 2 is 1.95 bits per heavy atom. The normalized spacial score (nSPS) is 23.8. The van der Waals surface area contributed by atoms with E-state index in [1.807, 2.05) is 18.2 Å². The van der Waals surface area contributed by atoms with E-state index in [1.54, 1.807) is 0 Å². The molecule has 0 radical (unpaired) electrons. The van der Waals surface area contributed by atoms with Crippen LogP contribution < -0.4 is 0 Å². The quantitative estimate of drug-likeness (QED) is 0.741. The molecule has 2 nitrogen and oxygen atoms in total. The first-order chi connectivity index (χ1) is 9.74. The molecular weight excluding hydrogens is 246 g/mol. The van der Waals surface area contributed by atoms with Gasteiger partial charge in [0.25, 0.3) is 0 Å². The lowest BCUT2D eigenvalue weighted by Gasteiger charge is -2.32. The van der Waals surface area contributed by atoms with Crippen LogP contribution >= 0.6 is 0 Å². The van der Waals surface area contributed by atoms with Gasteiger partial charge in [0.05, 0.1) is 24.3 Å². The fourth-order valence-corrected chi connectivity index (χ4v) is 3.11. The van der Waals surface area contributed by atoms with Crippen LogP contribution in [0.1, 0.15) is 49.7 Å². The van der Waals surface area contributed by atoms with Crippen molar-refractivity contribution in [3.63, 3.8) is 0 Å². The number of nitriles is 1. The van der Waals surface area contributed by atoms with Crippen LogP contribution in [0.5, 0.6) is 0 Å². The second-order valence-corrected chi connectivity index (χ2v) is 5.67. The van der Waals surface area contributed by atoms with Gasteiger partial charge in [-0.25, -0.2) is 0 Å². The minimum Gasteiger partial charge on any atom is -0.374 e. The van der Waals surface area contributed by atoms with Crippen molar-refractivity contribution in [1.82, 2.24) is 0 Å². The SMILES string of the molecule is C=CCOC(C)[C@H]1CC[C@H](c2ccc(C#N)cc2)CC1. The molecule has 1 saturated carbocycles. The highest BCUT2D eigenvalue weighted by Crippen LogP contribution is 2.37. The molecule has 0 aliphatic heterocycles. The molecule has 2 heteroatoms. The number of hydrogen-bond acceptors (Lipinski definition) is 2. The Morgan fingerprint density at radius 3 is 2.50 bits per heavy atom. The summed E-state index contributed by atoms with van der Waals surface area (Å²) in [4.78, 5) is 0. The fourth-order valence-electron chi connectivity index (χ4n) is 3.11. The van der Waals surface area contributed by atoms with Crippen LogP contribution in [0.3, 0.4) is 0 Å². The number of hydrogen-bond donors (Lipinski definition) is 0. The van der Waals surface area contributed by atoms with Gasteiger partial charge in [-0.05, 0) is 62.1 Å². The van der Waals surface area contributed by atoms with E-state index in [2.05, 4.69) is 31.7 Å². The summed E-state index contributed by atoms with van der Waals surface area (Å²) < 4.78 is 5.75. The molecule has 2 rings (SSSR count). The van der Waals surface area contributed by atoms with E-state index in [-0.39, 0.29) is 0 Å². The summed E-state index contributed by atoms with van der Waals surface area (Å²) in [5.74, 6) is 1.31. The lowest BCUT2D eigenvalue weighted by Crippen LogP contribution is -2.25. The largest absolute Gasteiger partial charge is 0.374 e. The molecule has 1 fully saturated rings. The van der Waals surface area contributed by atoms with Crippen molar-refractivity contribution >= 4 is 0 Å². The average Bonchev–Trinajstić information content (AvgIpc) is 2.53. The third-order valence-corrected chi connectivity index (χ3v) is 4.42. The summed E-state index contributed by atoms with van der Waals surface area (Å²) in [6.07, 6.45) is 7.04. The van der Waals surface area contributed by atoms with E-state index in [0.717, 1.165) is 5.56 Å². The van der Waals surface area contributed by atoms with Crippen LogP contribution in [-0.4, -0.2) is 12.7 Å². The van der Waals surface area contributed by atoms with Crippen LogP contribution in [0.15, 0.2) is 36.9 Å². The molecule has 0 N–H and O–H groups in total. The minimum absolute atomic E-state index is 0.329. The van der Waals surface area contributed by atoms with Gasteiger partial charge in [0, 0.05) is 0 Å². The van der Waals surface area contributed by atoms with Crippen molar-refractivity contribution in [2.24, 2.45) is 5.92 Å². The van der Waals surface area contributed by atoms with Crippen LogP contribution in [0, 0.1) is 17.2 Å². The minimum atomic E-state index is 0.329.